The number of rotatable bonds is 3. The predicted molar refractivity (Wildman–Crippen MR) is 200 cm³/mol. The third-order valence-corrected chi connectivity index (χ3v) is 9.20. The van der Waals surface area contributed by atoms with Gasteiger partial charge in [-0.05, 0) is 83.2 Å². The van der Waals surface area contributed by atoms with Crippen LogP contribution in [0.25, 0.3) is 98.4 Å². The highest BCUT2D eigenvalue weighted by Gasteiger charge is 2.21. The molecular formula is C46H28O. The maximum absolute atomic E-state index is 9.45. The Balaban J connectivity index is 1.31. The maximum atomic E-state index is 9.45. The van der Waals surface area contributed by atoms with Gasteiger partial charge in [0.25, 0.3) is 0 Å². The van der Waals surface area contributed by atoms with E-state index < -0.39 is 36.3 Å². The molecule has 0 N–H and O–H groups in total. The topological polar surface area (TPSA) is 13.1 Å². The minimum atomic E-state index is -0.532. The average molecular weight is 606 g/mol. The summed E-state index contributed by atoms with van der Waals surface area (Å²) in [6.45, 7) is 0. The lowest BCUT2D eigenvalue weighted by Gasteiger charge is -2.18. The van der Waals surface area contributed by atoms with Crippen LogP contribution >= 0.6 is 0 Å². The third kappa shape index (κ3) is 3.90. The van der Waals surface area contributed by atoms with Gasteiger partial charge in [0.2, 0.25) is 0 Å². The predicted octanol–water partition coefficient (Wildman–Crippen LogP) is 13.2. The summed E-state index contributed by atoms with van der Waals surface area (Å²) in [6.07, 6.45) is 0. The summed E-state index contributed by atoms with van der Waals surface area (Å²) in [4.78, 5) is 0. The van der Waals surface area contributed by atoms with Gasteiger partial charge < -0.3 is 4.42 Å². The van der Waals surface area contributed by atoms with Crippen LogP contribution in [0.5, 0.6) is 0 Å². The second-order valence-corrected chi connectivity index (χ2v) is 11.7. The van der Waals surface area contributed by atoms with Gasteiger partial charge in [-0.2, -0.15) is 0 Å². The van der Waals surface area contributed by atoms with E-state index in [1.54, 1.807) is 0 Å². The van der Waals surface area contributed by atoms with Crippen LogP contribution < -0.4 is 0 Å². The summed E-state index contributed by atoms with van der Waals surface area (Å²) in [5.41, 5.74) is 4.84. The van der Waals surface area contributed by atoms with Crippen LogP contribution in [-0.4, -0.2) is 0 Å². The van der Waals surface area contributed by atoms with Gasteiger partial charge in [-0.3, -0.25) is 0 Å². The fourth-order valence-corrected chi connectivity index (χ4v) is 7.16. The quantitative estimate of drug-likeness (QED) is 0.183. The van der Waals surface area contributed by atoms with Crippen LogP contribution in [0.15, 0.2) is 174 Å². The van der Waals surface area contributed by atoms with Crippen LogP contribution in [0.3, 0.4) is 0 Å². The van der Waals surface area contributed by atoms with Gasteiger partial charge in [-0.15, -0.1) is 0 Å². The molecule has 0 amide bonds. The fourth-order valence-electron chi connectivity index (χ4n) is 7.16. The van der Waals surface area contributed by atoms with Crippen molar-refractivity contribution in [3.63, 3.8) is 0 Å². The van der Waals surface area contributed by atoms with Crippen LogP contribution in [-0.2, 0) is 0 Å². The minimum Gasteiger partial charge on any atom is -0.455 e. The van der Waals surface area contributed by atoms with E-state index in [1.165, 1.54) is 10.8 Å². The van der Waals surface area contributed by atoms with Gasteiger partial charge >= 0.3 is 0 Å². The highest BCUT2D eigenvalue weighted by molar-refractivity contribution is 6.27. The van der Waals surface area contributed by atoms with Crippen LogP contribution in [0, 0.1) is 0 Å². The molecule has 47 heavy (non-hydrogen) atoms. The fraction of sp³-hybridized carbons (Fsp3) is 0. The van der Waals surface area contributed by atoms with E-state index >= 15 is 0 Å². The Hall–Kier alpha value is -6.18. The highest BCUT2D eigenvalue weighted by Crippen LogP contribution is 2.47. The molecular weight excluding hydrogens is 569 g/mol. The molecule has 1 aromatic heterocycles. The molecule has 1 heteroatoms. The average Bonchev–Trinajstić information content (AvgIpc) is 3.62. The normalized spacial score (nSPS) is 14.5. The molecule has 1 heterocycles. The monoisotopic (exact) mass is 605 g/mol. The van der Waals surface area contributed by atoms with E-state index in [2.05, 4.69) is 54.6 Å². The molecule has 0 spiro atoms. The molecule has 218 valence electrons. The van der Waals surface area contributed by atoms with Crippen molar-refractivity contribution in [1.82, 2.24) is 0 Å². The zero-order valence-electron chi connectivity index (χ0n) is 33.9. The number of benzene rings is 9. The Morgan fingerprint density at radius 1 is 0.383 bits per heavy atom. The lowest BCUT2D eigenvalue weighted by molar-refractivity contribution is 0.673. The summed E-state index contributed by atoms with van der Waals surface area (Å²) in [5.74, 6) is 0. The molecule has 9 aromatic carbocycles. The second kappa shape index (κ2) is 10.2. The second-order valence-electron chi connectivity index (χ2n) is 11.7. The molecule has 0 bridgehead atoms. The number of hydrogen-bond acceptors (Lipinski definition) is 1. The molecule has 0 radical (unpaired) electrons. The Kier molecular flexibility index (Phi) is 4.05. The van der Waals surface area contributed by atoms with E-state index in [0.29, 0.717) is 5.56 Å². The van der Waals surface area contributed by atoms with Gasteiger partial charge in [-0.25, -0.2) is 0 Å². The molecule has 0 saturated carbocycles. The Morgan fingerprint density at radius 2 is 1.02 bits per heavy atom. The first-order chi connectivity index (χ1) is 27.1. The number of furan rings is 1. The lowest BCUT2D eigenvalue weighted by atomic mass is 9.84. The first-order valence-electron chi connectivity index (χ1n) is 20.0. The summed E-state index contributed by atoms with van der Waals surface area (Å²) in [6, 6.07) is 35.0. The van der Waals surface area contributed by atoms with Crippen molar-refractivity contribution in [3.05, 3.63) is 170 Å². The first-order valence-corrected chi connectivity index (χ1v) is 15.5. The van der Waals surface area contributed by atoms with Crippen LogP contribution in [0.4, 0.5) is 0 Å². The lowest BCUT2D eigenvalue weighted by Crippen LogP contribution is -1.91. The molecule has 0 atom stereocenters. The molecule has 0 aliphatic rings. The zero-order chi connectivity index (χ0) is 38.7. The SMILES string of the molecule is [2H]c1c([2H])c(-c2c3ccccc3c(-c3ccc(-c4cccc5ccccc45)cc3)c3ccccc23)c2c(oc3c4c([2H])c([2H])c([2H])c([2H])c4c([2H])c([2H])c32)c1[2H]. The van der Waals surface area contributed by atoms with Gasteiger partial charge in [0.15, 0.2) is 0 Å². The molecule has 0 fully saturated rings. The van der Waals surface area contributed by atoms with E-state index in [-0.39, 0.29) is 56.4 Å². The van der Waals surface area contributed by atoms with E-state index in [0.717, 1.165) is 43.8 Å². The van der Waals surface area contributed by atoms with Crippen molar-refractivity contribution in [2.24, 2.45) is 0 Å². The minimum absolute atomic E-state index is 0.0563. The van der Waals surface area contributed by atoms with Crippen molar-refractivity contribution in [2.45, 2.75) is 0 Å². The molecule has 0 saturated heterocycles. The van der Waals surface area contributed by atoms with Crippen molar-refractivity contribution >= 4 is 65.0 Å². The summed E-state index contributed by atoms with van der Waals surface area (Å²) in [7, 11) is 0. The van der Waals surface area contributed by atoms with Crippen molar-refractivity contribution in [1.29, 1.82) is 0 Å². The van der Waals surface area contributed by atoms with E-state index in [9.17, 15) is 2.74 Å². The number of hydrogen-bond donors (Lipinski definition) is 0. The van der Waals surface area contributed by atoms with Crippen LogP contribution in [0.2, 0.25) is 0 Å². The van der Waals surface area contributed by atoms with Gasteiger partial charge in [0, 0.05) is 16.2 Å². The third-order valence-electron chi connectivity index (χ3n) is 9.20. The maximum Gasteiger partial charge on any atom is 0.143 e. The zero-order valence-corrected chi connectivity index (χ0v) is 24.9. The Labute approximate surface area is 284 Å². The highest BCUT2D eigenvalue weighted by atomic mass is 16.3. The summed E-state index contributed by atoms with van der Waals surface area (Å²) in [5, 5.41) is 5.62. The van der Waals surface area contributed by atoms with Gasteiger partial charge in [-0.1, -0.05) is 158 Å². The molecule has 10 rings (SSSR count). The number of fused-ring (bicyclic) bond motifs is 8. The van der Waals surface area contributed by atoms with Gasteiger partial charge in [0.1, 0.15) is 11.2 Å². The van der Waals surface area contributed by atoms with Crippen molar-refractivity contribution < 1.29 is 16.8 Å². The Bertz CT molecular complexity index is 3290. The standard InChI is InChI=1S/C46H28O/c1-3-14-33-29(11-1)13-9-20-34(33)31-23-25-32(26-24-31)43-36-16-5-7-18-38(36)44(39-19-8-6-17-37(39)43)40-21-10-22-42-45(40)41-28-27-30-12-2-4-15-35(30)46(41)47-42/h1-28H/i2D,4D,10D,12D,15D,21D,22D,27D,28D. The first kappa shape index (κ1) is 18.7. The van der Waals surface area contributed by atoms with E-state index in [1.807, 2.05) is 60.7 Å². The Morgan fingerprint density at radius 3 is 1.79 bits per heavy atom. The molecule has 0 aliphatic carbocycles. The smallest absolute Gasteiger partial charge is 0.143 e. The largest absolute Gasteiger partial charge is 0.455 e. The van der Waals surface area contributed by atoms with Crippen molar-refractivity contribution in [2.75, 3.05) is 0 Å². The van der Waals surface area contributed by atoms with Crippen molar-refractivity contribution in [3.8, 4) is 33.4 Å². The van der Waals surface area contributed by atoms with Gasteiger partial charge in [0.05, 0.1) is 12.3 Å². The molecule has 0 unspecified atom stereocenters. The summed E-state index contributed by atoms with van der Waals surface area (Å²) < 4.78 is 86.0. The van der Waals surface area contributed by atoms with E-state index in [4.69, 9.17) is 14.0 Å². The molecule has 0 aliphatic heterocycles. The van der Waals surface area contributed by atoms with Crippen LogP contribution in [0.1, 0.15) is 12.3 Å². The molecule has 10 aromatic rings. The summed E-state index contributed by atoms with van der Waals surface area (Å²) >= 11 is 0. The molecule has 1 nitrogen and oxygen atoms in total.